The highest BCUT2D eigenvalue weighted by molar-refractivity contribution is 7.85. The molecule has 6 heteroatoms. The van der Waals surface area contributed by atoms with Gasteiger partial charge in [-0.2, -0.15) is 0 Å². The van der Waals surface area contributed by atoms with Crippen molar-refractivity contribution in [3.63, 3.8) is 0 Å². The maximum atomic E-state index is 11.2. The van der Waals surface area contributed by atoms with Gasteiger partial charge in [-0.3, -0.25) is 9.11 Å². The second-order valence-electron chi connectivity index (χ2n) is 4.02. The van der Waals surface area contributed by atoms with Crippen molar-refractivity contribution in [1.82, 2.24) is 14.5 Å². The van der Waals surface area contributed by atoms with Crippen LogP contribution in [0, 0.1) is 0 Å². The molecule has 0 radical (unpaired) electrons. The third-order valence-corrected chi connectivity index (χ3v) is 4.01. The second kappa shape index (κ2) is 5.56. The van der Waals surface area contributed by atoms with E-state index in [4.69, 9.17) is 5.73 Å². The fraction of sp³-hybridized carbons (Fsp3) is 0.700. The summed E-state index contributed by atoms with van der Waals surface area (Å²) in [6, 6.07) is 0. The Labute approximate surface area is 98.1 Å². The first-order valence-electron chi connectivity index (χ1n) is 5.56. The molecule has 1 aliphatic rings. The zero-order valence-electron chi connectivity index (χ0n) is 9.34. The fourth-order valence-electron chi connectivity index (χ4n) is 1.82. The minimum Gasteiger partial charge on any atom is -0.336 e. The molecular formula is C10H18N4OS. The summed E-state index contributed by atoms with van der Waals surface area (Å²) in [6.07, 6.45) is 3.86. The van der Waals surface area contributed by atoms with Crippen LogP contribution in [0.15, 0.2) is 12.5 Å². The topological polar surface area (TPSA) is 64.2 Å². The van der Waals surface area contributed by atoms with Crippen LogP contribution in [0.25, 0.3) is 0 Å². The van der Waals surface area contributed by atoms with Crippen molar-refractivity contribution in [2.75, 3.05) is 31.1 Å². The normalized spacial score (nSPS) is 19.1. The van der Waals surface area contributed by atoms with Crippen molar-refractivity contribution in [3.05, 3.63) is 18.2 Å². The molecule has 0 unspecified atom stereocenters. The van der Waals surface area contributed by atoms with Crippen LogP contribution in [0.3, 0.4) is 0 Å². The van der Waals surface area contributed by atoms with Gasteiger partial charge in [-0.1, -0.05) is 0 Å². The maximum absolute atomic E-state index is 11.2. The number of rotatable bonds is 4. The molecular weight excluding hydrogens is 224 g/mol. The molecule has 2 N–H and O–H groups in total. The van der Waals surface area contributed by atoms with Crippen LogP contribution < -0.4 is 5.73 Å². The van der Waals surface area contributed by atoms with Crippen molar-refractivity contribution in [2.45, 2.75) is 13.1 Å². The molecule has 90 valence electrons. The Balaban J connectivity index is 1.86. The maximum Gasteiger partial charge on any atom is 0.0950 e. The number of hydrogen-bond donors (Lipinski definition) is 1. The minimum absolute atomic E-state index is 0.601. The summed E-state index contributed by atoms with van der Waals surface area (Å²) in [5.74, 6) is 1.59. The Morgan fingerprint density at radius 2 is 2.19 bits per heavy atom. The summed E-state index contributed by atoms with van der Waals surface area (Å²) in [5.41, 5.74) is 6.55. The van der Waals surface area contributed by atoms with E-state index in [-0.39, 0.29) is 0 Å². The highest BCUT2D eigenvalue weighted by Gasteiger charge is 2.15. The first-order chi connectivity index (χ1) is 7.78. The number of nitrogens with zero attached hydrogens (tertiary/aromatic N) is 3. The van der Waals surface area contributed by atoms with Gasteiger partial charge in [-0.25, -0.2) is 4.98 Å². The van der Waals surface area contributed by atoms with E-state index >= 15 is 0 Å². The van der Waals surface area contributed by atoms with Crippen LogP contribution in [0.5, 0.6) is 0 Å². The molecule has 0 saturated carbocycles. The zero-order chi connectivity index (χ0) is 11.4. The van der Waals surface area contributed by atoms with E-state index in [2.05, 4.69) is 9.88 Å². The average Bonchev–Trinajstić information content (AvgIpc) is 2.70. The van der Waals surface area contributed by atoms with Gasteiger partial charge >= 0.3 is 0 Å². The van der Waals surface area contributed by atoms with Crippen molar-refractivity contribution in [1.29, 1.82) is 0 Å². The van der Waals surface area contributed by atoms with E-state index in [9.17, 15) is 4.21 Å². The molecule has 1 aromatic heterocycles. The molecule has 0 amide bonds. The summed E-state index contributed by atoms with van der Waals surface area (Å²) in [7, 11) is -0.601. The third-order valence-electron chi connectivity index (χ3n) is 2.73. The summed E-state index contributed by atoms with van der Waals surface area (Å²) in [6.45, 7) is 4.14. The van der Waals surface area contributed by atoms with Gasteiger partial charge in [0.05, 0.1) is 12.0 Å². The van der Waals surface area contributed by atoms with Crippen LogP contribution in [-0.2, 0) is 23.9 Å². The molecule has 1 aliphatic heterocycles. The predicted octanol–water partition coefficient (Wildman–Crippen LogP) is -0.594. The molecule has 0 aliphatic carbocycles. The van der Waals surface area contributed by atoms with E-state index in [0.717, 1.165) is 43.4 Å². The molecule has 1 aromatic rings. The number of imidazole rings is 1. The van der Waals surface area contributed by atoms with E-state index in [1.165, 1.54) is 0 Å². The molecule has 0 atom stereocenters. The van der Waals surface area contributed by atoms with Gasteiger partial charge < -0.3 is 10.3 Å². The average molecular weight is 242 g/mol. The largest absolute Gasteiger partial charge is 0.336 e. The van der Waals surface area contributed by atoms with Crippen molar-refractivity contribution >= 4 is 10.8 Å². The van der Waals surface area contributed by atoms with Crippen LogP contribution in [0.2, 0.25) is 0 Å². The van der Waals surface area contributed by atoms with E-state index in [0.29, 0.717) is 6.54 Å². The van der Waals surface area contributed by atoms with Crippen LogP contribution in [0.1, 0.15) is 5.69 Å². The Morgan fingerprint density at radius 3 is 2.88 bits per heavy atom. The SMILES string of the molecule is NCCn1cnc(CN2CCS(=O)CC2)c1. The molecule has 5 nitrogen and oxygen atoms in total. The number of hydrogen-bond acceptors (Lipinski definition) is 4. The number of aromatic nitrogens is 2. The molecule has 2 rings (SSSR count). The molecule has 0 spiro atoms. The number of nitrogens with two attached hydrogens (primary N) is 1. The zero-order valence-corrected chi connectivity index (χ0v) is 10.2. The van der Waals surface area contributed by atoms with E-state index in [1.807, 2.05) is 17.1 Å². The molecule has 0 aromatic carbocycles. The Hall–Kier alpha value is -0.720. The molecule has 1 saturated heterocycles. The van der Waals surface area contributed by atoms with Gasteiger partial charge in [0, 0.05) is 61.2 Å². The lowest BCUT2D eigenvalue weighted by atomic mass is 10.4. The Morgan fingerprint density at radius 1 is 1.44 bits per heavy atom. The van der Waals surface area contributed by atoms with Gasteiger partial charge in [0.1, 0.15) is 0 Å². The molecule has 0 bridgehead atoms. The van der Waals surface area contributed by atoms with E-state index in [1.54, 1.807) is 0 Å². The van der Waals surface area contributed by atoms with Crippen LogP contribution in [-0.4, -0.2) is 49.8 Å². The Bertz CT molecular complexity index is 355. The lowest BCUT2D eigenvalue weighted by molar-refractivity contribution is 0.288. The first-order valence-corrected chi connectivity index (χ1v) is 7.05. The second-order valence-corrected chi connectivity index (χ2v) is 5.71. The third kappa shape index (κ3) is 3.13. The molecule has 2 heterocycles. The summed E-state index contributed by atoms with van der Waals surface area (Å²) in [4.78, 5) is 6.64. The van der Waals surface area contributed by atoms with Crippen LogP contribution >= 0.6 is 0 Å². The molecule has 1 fully saturated rings. The monoisotopic (exact) mass is 242 g/mol. The van der Waals surface area contributed by atoms with Gasteiger partial charge in [0.25, 0.3) is 0 Å². The van der Waals surface area contributed by atoms with E-state index < -0.39 is 10.8 Å². The van der Waals surface area contributed by atoms with Gasteiger partial charge in [-0.05, 0) is 0 Å². The standard InChI is InChI=1S/C10H18N4OS/c11-1-2-14-8-10(12-9-14)7-13-3-5-16(15)6-4-13/h8-9H,1-7,11H2. The van der Waals surface area contributed by atoms with Crippen molar-refractivity contribution in [2.24, 2.45) is 5.73 Å². The van der Waals surface area contributed by atoms with Gasteiger partial charge in [-0.15, -0.1) is 0 Å². The lowest BCUT2D eigenvalue weighted by Crippen LogP contribution is -2.37. The lowest BCUT2D eigenvalue weighted by Gasteiger charge is -2.24. The molecule has 16 heavy (non-hydrogen) atoms. The summed E-state index contributed by atoms with van der Waals surface area (Å²) < 4.78 is 13.2. The Kier molecular flexibility index (Phi) is 4.09. The van der Waals surface area contributed by atoms with Crippen molar-refractivity contribution < 1.29 is 4.21 Å². The van der Waals surface area contributed by atoms with Crippen LogP contribution in [0.4, 0.5) is 0 Å². The summed E-state index contributed by atoms with van der Waals surface area (Å²) >= 11 is 0. The highest BCUT2D eigenvalue weighted by Crippen LogP contribution is 2.06. The highest BCUT2D eigenvalue weighted by atomic mass is 32.2. The first kappa shape index (κ1) is 11.8. The minimum atomic E-state index is -0.601. The quantitative estimate of drug-likeness (QED) is 0.766. The van der Waals surface area contributed by atoms with Gasteiger partial charge in [0.2, 0.25) is 0 Å². The predicted molar refractivity (Wildman–Crippen MR) is 64.4 cm³/mol. The van der Waals surface area contributed by atoms with Gasteiger partial charge in [0.15, 0.2) is 0 Å². The fourth-order valence-corrected chi connectivity index (χ4v) is 2.95. The summed E-state index contributed by atoms with van der Waals surface area (Å²) in [5, 5.41) is 0. The smallest absolute Gasteiger partial charge is 0.0950 e. The van der Waals surface area contributed by atoms with Crippen molar-refractivity contribution in [3.8, 4) is 0 Å².